The van der Waals surface area contributed by atoms with Crippen LogP contribution in [0.15, 0.2) is 24.3 Å². The van der Waals surface area contributed by atoms with Crippen LogP contribution in [0.4, 0.5) is 4.39 Å². The van der Waals surface area contributed by atoms with Crippen molar-refractivity contribution in [1.82, 2.24) is 5.32 Å². The minimum absolute atomic E-state index is 0.00353. The monoisotopic (exact) mass is 359 g/mol. The third-order valence-corrected chi connectivity index (χ3v) is 6.96. The maximum Gasteiger partial charge on any atom is 0.328 e. The van der Waals surface area contributed by atoms with Gasteiger partial charge in [-0.2, -0.15) is 0 Å². The molecule has 3 unspecified atom stereocenters. The summed E-state index contributed by atoms with van der Waals surface area (Å²) in [5, 5.41) is 11.6. The van der Waals surface area contributed by atoms with Gasteiger partial charge in [0, 0.05) is 0 Å². The fourth-order valence-corrected chi connectivity index (χ4v) is 6.25. The van der Waals surface area contributed by atoms with E-state index in [-0.39, 0.29) is 11.3 Å². The van der Waals surface area contributed by atoms with Crippen molar-refractivity contribution in [3.63, 3.8) is 0 Å². The molecule has 4 saturated carbocycles. The normalized spacial score (nSPS) is 35.9. The molecule has 5 heteroatoms. The summed E-state index contributed by atoms with van der Waals surface area (Å²) in [6.07, 6.45) is 5.73. The van der Waals surface area contributed by atoms with E-state index in [1.165, 1.54) is 11.1 Å². The molecule has 4 fully saturated rings. The van der Waals surface area contributed by atoms with E-state index in [1.807, 2.05) is 0 Å². The van der Waals surface area contributed by atoms with Crippen molar-refractivity contribution >= 4 is 11.9 Å². The first-order valence-electron chi connectivity index (χ1n) is 9.53. The molecular weight excluding hydrogens is 333 g/mol. The van der Waals surface area contributed by atoms with Crippen LogP contribution in [0.2, 0.25) is 0 Å². The number of hydrogen-bond acceptors (Lipinski definition) is 2. The van der Waals surface area contributed by atoms with Crippen molar-refractivity contribution in [3.8, 4) is 0 Å². The maximum atomic E-state index is 13.1. The Morgan fingerprint density at radius 3 is 2.35 bits per heavy atom. The second kappa shape index (κ2) is 6.07. The van der Waals surface area contributed by atoms with Crippen molar-refractivity contribution in [2.75, 3.05) is 6.67 Å². The first-order valence-corrected chi connectivity index (χ1v) is 9.53. The van der Waals surface area contributed by atoms with Crippen LogP contribution < -0.4 is 5.32 Å². The van der Waals surface area contributed by atoms with Crippen molar-refractivity contribution in [2.24, 2.45) is 17.3 Å². The van der Waals surface area contributed by atoms with Crippen molar-refractivity contribution < 1.29 is 19.1 Å². The van der Waals surface area contributed by atoms with E-state index < -0.39 is 24.1 Å². The van der Waals surface area contributed by atoms with Gasteiger partial charge in [-0.05, 0) is 68.3 Å². The summed E-state index contributed by atoms with van der Waals surface area (Å²) in [5.41, 5.74) is 1.98. The van der Waals surface area contributed by atoms with E-state index in [2.05, 4.69) is 36.5 Å². The van der Waals surface area contributed by atoms with E-state index in [0.29, 0.717) is 11.8 Å². The molecule has 0 aliphatic heterocycles. The number of hydrogen-bond donors (Lipinski definition) is 2. The number of rotatable bonds is 5. The van der Waals surface area contributed by atoms with Gasteiger partial charge in [0.2, 0.25) is 5.91 Å². The average molecular weight is 359 g/mol. The second-order valence-corrected chi connectivity index (χ2v) is 8.91. The lowest BCUT2D eigenvalue weighted by atomic mass is 9.42. The molecule has 4 bridgehead atoms. The van der Waals surface area contributed by atoms with Crippen LogP contribution in [0.3, 0.4) is 0 Å². The number of aryl methyl sites for hydroxylation is 1. The molecule has 0 heterocycles. The number of aliphatic carboxylic acids is 1. The summed E-state index contributed by atoms with van der Waals surface area (Å²) in [6, 6.07) is 7.20. The maximum absolute atomic E-state index is 13.1. The molecule has 3 atom stereocenters. The molecular formula is C21H26FNO3. The van der Waals surface area contributed by atoms with Gasteiger partial charge in [-0.15, -0.1) is 0 Å². The minimum atomic E-state index is -1.44. The number of carboxylic acids is 1. The molecule has 2 N–H and O–H groups in total. The van der Waals surface area contributed by atoms with Gasteiger partial charge in [0.05, 0.1) is 5.41 Å². The zero-order valence-corrected chi connectivity index (χ0v) is 15.1. The van der Waals surface area contributed by atoms with Crippen molar-refractivity contribution in [1.29, 1.82) is 0 Å². The van der Waals surface area contributed by atoms with Gasteiger partial charge in [0.15, 0.2) is 6.04 Å². The standard InChI is InChI=1S/C21H26FNO3/c1-13-2-4-16(5-3-13)20-7-14-6-15(8-20)10-21(9-14,12-20)19(26)23-17(11-22)18(24)25/h2-5,14-15,17H,6-12H2,1H3,(H,23,26)(H,24,25). The molecule has 0 radical (unpaired) electrons. The number of carbonyl (C=O) groups excluding carboxylic acids is 1. The van der Waals surface area contributed by atoms with Crippen LogP contribution in [-0.2, 0) is 15.0 Å². The summed E-state index contributed by atoms with van der Waals surface area (Å²) < 4.78 is 13.0. The quantitative estimate of drug-likeness (QED) is 0.847. The third-order valence-electron chi connectivity index (χ3n) is 6.96. The van der Waals surface area contributed by atoms with Crippen LogP contribution >= 0.6 is 0 Å². The highest BCUT2D eigenvalue weighted by Crippen LogP contribution is 2.65. The second-order valence-electron chi connectivity index (χ2n) is 8.91. The van der Waals surface area contributed by atoms with E-state index >= 15 is 0 Å². The van der Waals surface area contributed by atoms with E-state index in [4.69, 9.17) is 5.11 Å². The van der Waals surface area contributed by atoms with E-state index in [9.17, 15) is 14.0 Å². The number of halogens is 1. The number of carbonyl (C=O) groups is 2. The molecule has 4 aliphatic rings. The number of nitrogens with one attached hydrogen (secondary N) is 1. The Kier molecular flexibility index (Phi) is 4.08. The summed E-state index contributed by atoms with van der Waals surface area (Å²) >= 11 is 0. The minimum Gasteiger partial charge on any atom is -0.480 e. The Morgan fingerprint density at radius 2 is 1.81 bits per heavy atom. The lowest BCUT2D eigenvalue weighted by molar-refractivity contribution is -0.154. The van der Waals surface area contributed by atoms with Crippen LogP contribution in [-0.4, -0.2) is 29.7 Å². The summed E-state index contributed by atoms with van der Waals surface area (Å²) in [7, 11) is 0. The predicted octanol–water partition coefficient (Wildman–Crippen LogP) is 3.37. The zero-order chi connectivity index (χ0) is 18.5. The molecule has 0 spiro atoms. The lowest BCUT2D eigenvalue weighted by Crippen LogP contribution is -2.60. The van der Waals surface area contributed by atoms with E-state index in [0.717, 1.165) is 38.5 Å². The molecule has 140 valence electrons. The first-order chi connectivity index (χ1) is 12.4. The molecule has 5 rings (SSSR count). The topological polar surface area (TPSA) is 66.4 Å². The van der Waals surface area contributed by atoms with Gasteiger partial charge in [-0.1, -0.05) is 29.8 Å². The molecule has 0 saturated heterocycles. The van der Waals surface area contributed by atoms with Crippen molar-refractivity contribution in [3.05, 3.63) is 35.4 Å². The number of benzene rings is 1. The molecule has 4 nitrogen and oxygen atoms in total. The van der Waals surface area contributed by atoms with Crippen LogP contribution in [0.5, 0.6) is 0 Å². The highest BCUT2D eigenvalue weighted by atomic mass is 19.1. The number of alkyl halides is 1. The zero-order valence-electron chi connectivity index (χ0n) is 15.1. The Morgan fingerprint density at radius 1 is 1.19 bits per heavy atom. The SMILES string of the molecule is Cc1ccc(C23CC4CC(CC(C(=O)NC(CF)C(=O)O)(C4)C2)C3)cc1. The van der Waals surface area contributed by atoms with Gasteiger partial charge in [0.1, 0.15) is 6.67 Å². The van der Waals surface area contributed by atoms with Crippen LogP contribution in [0.1, 0.15) is 49.7 Å². The highest BCUT2D eigenvalue weighted by molar-refractivity contribution is 5.88. The average Bonchev–Trinajstić information content (AvgIpc) is 2.58. The Hall–Kier alpha value is -1.91. The fourth-order valence-electron chi connectivity index (χ4n) is 6.25. The number of carboxylic acid groups (broad SMARTS) is 1. The molecule has 1 amide bonds. The first kappa shape index (κ1) is 17.5. The summed E-state index contributed by atoms with van der Waals surface area (Å²) in [4.78, 5) is 24.2. The predicted molar refractivity (Wildman–Crippen MR) is 95.5 cm³/mol. The third kappa shape index (κ3) is 2.72. The smallest absolute Gasteiger partial charge is 0.328 e. The highest BCUT2D eigenvalue weighted by Gasteiger charge is 2.61. The lowest BCUT2D eigenvalue weighted by Gasteiger charge is -2.61. The van der Waals surface area contributed by atoms with Gasteiger partial charge >= 0.3 is 5.97 Å². The molecule has 26 heavy (non-hydrogen) atoms. The summed E-state index contributed by atoms with van der Waals surface area (Å²) in [5.74, 6) is -0.569. The van der Waals surface area contributed by atoms with Gasteiger partial charge in [-0.25, -0.2) is 9.18 Å². The van der Waals surface area contributed by atoms with Gasteiger partial charge in [0.25, 0.3) is 0 Å². The number of amides is 1. The molecule has 0 aromatic heterocycles. The van der Waals surface area contributed by atoms with Crippen molar-refractivity contribution in [2.45, 2.75) is 56.9 Å². The Bertz CT molecular complexity index is 715. The Balaban J connectivity index is 1.65. The van der Waals surface area contributed by atoms with E-state index in [1.54, 1.807) is 0 Å². The molecule has 1 aromatic rings. The fraction of sp³-hybridized carbons (Fsp3) is 0.619. The Labute approximate surface area is 153 Å². The van der Waals surface area contributed by atoms with Crippen LogP contribution in [0, 0.1) is 24.2 Å². The van der Waals surface area contributed by atoms with Crippen LogP contribution in [0.25, 0.3) is 0 Å². The van der Waals surface area contributed by atoms with Gasteiger partial charge < -0.3 is 10.4 Å². The summed E-state index contributed by atoms with van der Waals surface area (Å²) in [6.45, 7) is 0.995. The van der Waals surface area contributed by atoms with Gasteiger partial charge in [-0.3, -0.25) is 4.79 Å². The largest absolute Gasteiger partial charge is 0.480 e. The molecule has 1 aromatic carbocycles. The molecule has 4 aliphatic carbocycles.